The number of rotatable bonds is 2. The number of hydrogen-bond acceptors (Lipinski definition) is 1. The summed E-state index contributed by atoms with van der Waals surface area (Å²) in [6.45, 7) is 4.51. The van der Waals surface area contributed by atoms with Gasteiger partial charge in [-0.15, -0.1) is 0 Å². The predicted molar refractivity (Wildman–Crippen MR) is 33.7 cm³/mol. The topological polar surface area (TPSA) is 9.23 Å². The van der Waals surface area contributed by atoms with E-state index in [4.69, 9.17) is 4.74 Å². The molecule has 1 aliphatic carbocycles. The molecule has 1 heteroatoms. The van der Waals surface area contributed by atoms with Crippen LogP contribution in [0.1, 0.15) is 20.3 Å². The van der Waals surface area contributed by atoms with E-state index in [1.54, 1.807) is 7.11 Å². The lowest BCUT2D eigenvalue weighted by molar-refractivity contribution is 0.161. The van der Waals surface area contributed by atoms with Gasteiger partial charge < -0.3 is 4.74 Å². The zero-order valence-electron chi connectivity index (χ0n) is 5.85. The van der Waals surface area contributed by atoms with Crippen molar-refractivity contribution < 1.29 is 4.74 Å². The van der Waals surface area contributed by atoms with Crippen molar-refractivity contribution in [3.63, 3.8) is 0 Å². The van der Waals surface area contributed by atoms with E-state index in [-0.39, 0.29) is 0 Å². The van der Waals surface area contributed by atoms with Gasteiger partial charge in [0.15, 0.2) is 0 Å². The molecule has 1 saturated carbocycles. The van der Waals surface area contributed by atoms with Crippen molar-refractivity contribution in [2.45, 2.75) is 26.4 Å². The van der Waals surface area contributed by atoms with E-state index in [1.165, 1.54) is 6.42 Å². The Morgan fingerprint density at radius 3 is 2.25 bits per heavy atom. The van der Waals surface area contributed by atoms with Crippen LogP contribution < -0.4 is 0 Å². The lowest BCUT2D eigenvalue weighted by Gasteiger charge is -1.99. The third-order valence-electron chi connectivity index (χ3n) is 1.94. The summed E-state index contributed by atoms with van der Waals surface area (Å²) in [6.07, 6.45) is 1.88. The molecule has 0 radical (unpaired) electrons. The molecule has 1 rings (SSSR count). The minimum absolute atomic E-state index is 0.593. The maximum absolute atomic E-state index is 5.14. The zero-order valence-corrected chi connectivity index (χ0v) is 5.85. The zero-order chi connectivity index (χ0) is 6.15. The van der Waals surface area contributed by atoms with Crippen molar-refractivity contribution in [3.8, 4) is 0 Å². The molecular weight excluding hydrogens is 100 g/mol. The van der Waals surface area contributed by atoms with Crippen LogP contribution in [0.15, 0.2) is 0 Å². The van der Waals surface area contributed by atoms with Crippen molar-refractivity contribution in [2.24, 2.45) is 11.8 Å². The molecule has 0 aromatic carbocycles. The Bertz CT molecular complexity index is 78.5. The van der Waals surface area contributed by atoms with Gasteiger partial charge in [-0.3, -0.25) is 0 Å². The Balaban J connectivity index is 2.16. The number of hydrogen-bond donors (Lipinski definition) is 0. The summed E-state index contributed by atoms with van der Waals surface area (Å²) < 4.78 is 5.14. The Labute approximate surface area is 51.0 Å². The normalized spacial score (nSPS) is 36.0. The molecule has 0 saturated heterocycles. The average Bonchev–Trinajstić information content (AvgIpc) is 2.42. The Morgan fingerprint density at radius 2 is 2.12 bits per heavy atom. The average molecular weight is 114 g/mol. The largest absolute Gasteiger partial charge is 0.381 e. The minimum atomic E-state index is 0.593. The van der Waals surface area contributed by atoms with Crippen LogP contribution in [-0.2, 0) is 4.74 Å². The summed E-state index contributed by atoms with van der Waals surface area (Å²) >= 11 is 0. The Hall–Kier alpha value is -0.0400. The third kappa shape index (κ3) is 1.03. The predicted octanol–water partition coefficient (Wildman–Crippen LogP) is 1.68. The first-order valence-electron chi connectivity index (χ1n) is 3.28. The maximum Gasteiger partial charge on any atom is 0.0606 e. The quantitative estimate of drug-likeness (QED) is 0.530. The van der Waals surface area contributed by atoms with E-state index >= 15 is 0 Å². The number of ether oxygens (including phenoxy) is 1. The standard InChI is InChI=1S/C7H14O/c1-5(2)6-4-7(6)8-3/h5-7H,4H2,1-3H3/t6?,7-/m1/s1. The van der Waals surface area contributed by atoms with Gasteiger partial charge >= 0.3 is 0 Å². The van der Waals surface area contributed by atoms with Gasteiger partial charge in [-0.2, -0.15) is 0 Å². The lowest BCUT2D eigenvalue weighted by Crippen LogP contribution is -1.97. The molecule has 0 spiro atoms. The molecule has 0 amide bonds. The van der Waals surface area contributed by atoms with Crippen LogP contribution in [0.3, 0.4) is 0 Å². The van der Waals surface area contributed by atoms with Crippen molar-refractivity contribution in [1.82, 2.24) is 0 Å². The van der Waals surface area contributed by atoms with E-state index in [2.05, 4.69) is 13.8 Å². The van der Waals surface area contributed by atoms with Crippen LogP contribution in [0.25, 0.3) is 0 Å². The number of methoxy groups -OCH3 is 1. The molecule has 48 valence electrons. The molecule has 1 nitrogen and oxygen atoms in total. The fourth-order valence-electron chi connectivity index (χ4n) is 1.16. The van der Waals surface area contributed by atoms with E-state index in [0.717, 1.165) is 11.8 Å². The van der Waals surface area contributed by atoms with Gasteiger partial charge in [0.25, 0.3) is 0 Å². The molecule has 0 bridgehead atoms. The van der Waals surface area contributed by atoms with Crippen molar-refractivity contribution >= 4 is 0 Å². The Morgan fingerprint density at radius 1 is 1.50 bits per heavy atom. The van der Waals surface area contributed by atoms with Crippen molar-refractivity contribution in [2.75, 3.05) is 7.11 Å². The highest BCUT2D eigenvalue weighted by Gasteiger charge is 2.39. The molecule has 8 heavy (non-hydrogen) atoms. The van der Waals surface area contributed by atoms with Crippen LogP contribution in [0.4, 0.5) is 0 Å². The minimum Gasteiger partial charge on any atom is -0.381 e. The molecule has 0 aromatic heterocycles. The second-order valence-electron chi connectivity index (χ2n) is 2.92. The molecule has 2 atom stereocenters. The van der Waals surface area contributed by atoms with E-state index in [9.17, 15) is 0 Å². The van der Waals surface area contributed by atoms with Crippen molar-refractivity contribution in [1.29, 1.82) is 0 Å². The first-order valence-corrected chi connectivity index (χ1v) is 3.28. The highest BCUT2D eigenvalue weighted by Crippen LogP contribution is 2.39. The van der Waals surface area contributed by atoms with Gasteiger partial charge in [-0.1, -0.05) is 13.8 Å². The summed E-state index contributed by atoms with van der Waals surface area (Å²) in [7, 11) is 1.80. The molecule has 0 heterocycles. The van der Waals surface area contributed by atoms with Crippen LogP contribution in [0.5, 0.6) is 0 Å². The summed E-state index contributed by atoms with van der Waals surface area (Å²) in [4.78, 5) is 0. The van der Waals surface area contributed by atoms with Crippen molar-refractivity contribution in [3.05, 3.63) is 0 Å². The maximum atomic E-state index is 5.14. The first kappa shape index (κ1) is 6.09. The highest BCUT2D eigenvalue weighted by molar-refractivity contribution is 4.89. The van der Waals surface area contributed by atoms with Gasteiger partial charge in [0.1, 0.15) is 0 Å². The van der Waals surface area contributed by atoms with Crippen LogP contribution in [0.2, 0.25) is 0 Å². The van der Waals surface area contributed by atoms with Gasteiger partial charge in [-0.25, -0.2) is 0 Å². The van der Waals surface area contributed by atoms with Gasteiger partial charge in [0.05, 0.1) is 6.10 Å². The molecule has 0 aliphatic heterocycles. The lowest BCUT2D eigenvalue weighted by atomic mass is 10.1. The molecule has 1 aliphatic rings. The van der Waals surface area contributed by atoms with E-state index in [1.807, 2.05) is 0 Å². The SMILES string of the molecule is CO[C@@H]1CC1C(C)C. The van der Waals surface area contributed by atoms with E-state index in [0.29, 0.717) is 6.10 Å². The van der Waals surface area contributed by atoms with Crippen LogP contribution in [-0.4, -0.2) is 13.2 Å². The third-order valence-corrected chi connectivity index (χ3v) is 1.94. The summed E-state index contributed by atoms with van der Waals surface area (Å²) in [5, 5.41) is 0. The van der Waals surface area contributed by atoms with Crippen LogP contribution >= 0.6 is 0 Å². The Kier molecular flexibility index (Phi) is 1.57. The summed E-state index contributed by atoms with van der Waals surface area (Å²) in [6, 6.07) is 0. The second-order valence-corrected chi connectivity index (χ2v) is 2.92. The summed E-state index contributed by atoms with van der Waals surface area (Å²) in [5.74, 6) is 1.68. The first-order chi connectivity index (χ1) is 3.75. The molecule has 0 aromatic rings. The summed E-state index contributed by atoms with van der Waals surface area (Å²) in [5.41, 5.74) is 0. The molecule has 0 N–H and O–H groups in total. The monoisotopic (exact) mass is 114 g/mol. The second kappa shape index (κ2) is 2.06. The fraction of sp³-hybridized carbons (Fsp3) is 1.00. The van der Waals surface area contributed by atoms with E-state index < -0.39 is 0 Å². The van der Waals surface area contributed by atoms with Gasteiger partial charge in [-0.05, 0) is 18.3 Å². The van der Waals surface area contributed by atoms with Gasteiger partial charge in [0, 0.05) is 7.11 Å². The molecular formula is C7H14O. The highest BCUT2D eigenvalue weighted by atomic mass is 16.5. The fourth-order valence-corrected chi connectivity index (χ4v) is 1.16. The van der Waals surface area contributed by atoms with Gasteiger partial charge in [0.2, 0.25) is 0 Å². The van der Waals surface area contributed by atoms with Crippen LogP contribution in [0, 0.1) is 11.8 Å². The smallest absolute Gasteiger partial charge is 0.0606 e. The molecule has 1 fully saturated rings. The molecule has 1 unspecified atom stereocenters.